The highest BCUT2D eigenvalue weighted by atomic mass is 16.2. The molecule has 0 saturated carbocycles. The lowest BCUT2D eigenvalue weighted by Crippen LogP contribution is -2.39. The molecule has 18 heavy (non-hydrogen) atoms. The van der Waals surface area contributed by atoms with Crippen molar-refractivity contribution < 1.29 is 9.59 Å². The molecule has 0 spiro atoms. The van der Waals surface area contributed by atoms with Crippen LogP contribution in [0.25, 0.3) is 0 Å². The molecule has 0 saturated heterocycles. The van der Waals surface area contributed by atoms with Crippen molar-refractivity contribution in [3.63, 3.8) is 0 Å². The molecule has 4 N–H and O–H groups in total. The zero-order valence-corrected chi connectivity index (χ0v) is 10.9. The van der Waals surface area contributed by atoms with E-state index in [1.165, 1.54) is 0 Å². The second-order valence-corrected chi connectivity index (χ2v) is 4.42. The van der Waals surface area contributed by atoms with Gasteiger partial charge in [-0.15, -0.1) is 0 Å². The highest BCUT2D eigenvalue weighted by Gasteiger charge is 2.17. The van der Waals surface area contributed by atoms with Crippen molar-refractivity contribution in [3.05, 3.63) is 29.8 Å². The molecule has 0 fully saturated rings. The van der Waals surface area contributed by atoms with Crippen LogP contribution < -0.4 is 16.4 Å². The first-order valence-corrected chi connectivity index (χ1v) is 5.84. The van der Waals surface area contributed by atoms with Gasteiger partial charge >= 0.3 is 0 Å². The number of hydrogen-bond donors (Lipinski definition) is 3. The van der Waals surface area contributed by atoms with Crippen molar-refractivity contribution in [1.82, 2.24) is 5.32 Å². The molecular formula is C13H19N3O2. The molecule has 0 aliphatic carbocycles. The second-order valence-electron chi connectivity index (χ2n) is 4.42. The van der Waals surface area contributed by atoms with E-state index in [-0.39, 0.29) is 17.7 Å². The summed E-state index contributed by atoms with van der Waals surface area (Å²) in [6.45, 7) is 3.76. The van der Waals surface area contributed by atoms with Gasteiger partial charge in [0.25, 0.3) is 5.91 Å². The molecule has 1 atom stereocenters. The third-order valence-corrected chi connectivity index (χ3v) is 2.64. The molecule has 5 nitrogen and oxygen atoms in total. The Balaban J connectivity index is 2.79. The number of benzene rings is 1. The average molecular weight is 249 g/mol. The average Bonchev–Trinajstić information content (AvgIpc) is 2.36. The van der Waals surface area contributed by atoms with E-state index in [2.05, 4.69) is 10.6 Å². The Bertz CT molecular complexity index is 444. The normalized spacial score (nSPS) is 12.1. The number of hydrogen-bond acceptors (Lipinski definition) is 3. The number of nitrogens with one attached hydrogen (secondary N) is 2. The van der Waals surface area contributed by atoms with Crippen LogP contribution in [0.15, 0.2) is 24.3 Å². The Hall–Kier alpha value is -1.88. The predicted molar refractivity (Wildman–Crippen MR) is 71.3 cm³/mol. The van der Waals surface area contributed by atoms with Gasteiger partial charge in [-0.2, -0.15) is 0 Å². The van der Waals surface area contributed by atoms with Crippen LogP contribution in [0.5, 0.6) is 0 Å². The van der Waals surface area contributed by atoms with Crippen molar-refractivity contribution in [2.24, 2.45) is 11.7 Å². The van der Waals surface area contributed by atoms with Crippen molar-refractivity contribution in [1.29, 1.82) is 0 Å². The SMILES string of the molecule is CNC(=O)c1cccc(NC(=O)[C@@H](N)C(C)C)c1. The van der Waals surface area contributed by atoms with Crippen LogP contribution in [0.2, 0.25) is 0 Å². The van der Waals surface area contributed by atoms with Crippen LogP contribution in [0.4, 0.5) is 5.69 Å². The molecule has 1 rings (SSSR count). The summed E-state index contributed by atoms with van der Waals surface area (Å²) < 4.78 is 0. The summed E-state index contributed by atoms with van der Waals surface area (Å²) >= 11 is 0. The van der Waals surface area contributed by atoms with E-state index in [0.29, 0.717) is 11.3 Å². The smallest absolute Gasteiger partial charge is 0.251 e. The minimum Gasteiger partial charge on any atom is -0.355 e. The minimum absolute atomic E-state index is 0.0622. The van der Waals surface area contributed by atoms with Crippen molar-refractivity contribution >= 4 is 17.5 Å². The summed E-state index contributed by atoms with van der Waals surface area (Å²) in [5, 5.41) is 5.22. The van der Waals surface area contributed by atoms with Crippen LogP contribution in [-0.2, 0) is 4.79 Å². The molecule has 0 bridgehead atoms. The molecule has 1 aromatic rings. The fourth-order valence-electron chi connectivity index (χ4n) is 1.41. The lowest BCUT2D eigenvalue weighted by Gasteiger charge is -2.15. The minimum atomic E-state index is -0.561. The van der Waals surface area contributed by atoms with Crippen LogP contribution in [0.1, 0.15) is 24.2 Å². The first kappa shape index (κ1) is 14.2. The van der Waals surface area contributed by atoms with Gasteiger partial charge in [0.2, 0.25) is 5.91 Å². The van der Waals surface area contributed by atoms with Crippen molar-refractivity contribution in [2.75, 3.05) is 12.4 Å². The Morgan fingerprint density at radius 1 is 1.28 bits per heavy atom. The summed E-state index contributed by atoms with van der Waals surface area (Å²) in [7, 11) is 1.56. The van der Waals surface area contributed by atoms with Gasteiger partial charge in [0.1, 0.15) is 0 Å². The zero-order valence-electron chi connectivity index (χ0n) is 10.9. The number of nitrogens with two attached hydrogens (primary N) is 1. The van der Waals surface area contributed by atoms with Crippen LogP contribution in [-0.4, -0.2) is 24.9 Å². The summed E-state index contributed by atoms with van der Waals surface area (Å²) in [5.74, 6) is -0.384. The highest BCUT2D eigenvalue weighted by Crippen LogP contribution is 2.11. The van der Waals surface area contributed by atoms with Crippen LogP contribution in [0.3, 0.4) is 0 Å². The maximum Gasteiger partial charge on any atom is 0.251 e. The number of carbonyl (C=O) groups is 2. The van der Waals surface area contributed by atoms with Gasteiger partial charge in [-0.25, -0.2) is 0 Å². The van der Waals surface area contributed by atoms with Crippen molar-refractivity contribution in [2.45, 2.75) is 19.9 Å². The first-order chi connectivity index (χ1) is 8.45. The van der Waals surface area contributed by atoms with E-state index < -0.39 is 6.04 Å². The number of anilines is 1. The second kappa shape index (κ2) is 6.16. The highest BCUT2D eigenvalue weighted by molar-refractivity contribution is 5.98. The summed E-state index contributed by atoms with van der Waals surface area (Å²) in [6, 6.07) is 6.16. The van der Waals surface area contributed by atoms with Gasteiger partial charge in [0, 0.05) is 18.3 Å². The molecule has 1 aromatic carbocycles. The fraction of sp³-hybridized carbons (Fsp3) is 0.385. The third kappa shape index (κ3) is 3.56. The molecule has 0 unspecified atom stereocenters. The zero-order chi connectivity index (χ0) is 13.7. The predicted octanol–water partition coefficient (Wildman–Crippen LogP) is 0.968. The van der Waals surface area contributed by atoms with Gasteiger partial charge in [-0.1, -0.05) is 19.9 Å². The van der Waals surface area contributed by atoms with E-state index in [1.807, 2.05) is 13.8 Å². The summed E-state index contributed by atoms with van der Waals surface area (Å²) in [6.07, 6.45) is 0. The molecule has 0 heterocycles. The van der Waals surface area contributed by atoms with E-state index >= 15 is 0 Å². The van der Waals surface area contributed by atoms with E-state index in [0.717, 1.165) is 0 Å². The maximum atomic E-state index is 11.8. The molecule has 0 aromatic heterocycles. The topological polar surface area (TPSA) is 84.2 Å². The number of amides is 2. The van der Waals surface area contributed by atoms with Gasteiger partial charge < -0.3 is 16.4 Å². The Morgan fingerprint density at radius 3 is 2.50 bits per heavy atom. The lowest BCUT2D eigenvalue weighted by molar-refractivity contribution is -0.118. The third-order valence-electron chi connectivity index (χ3n) is 2.64. The standard InChI is InChI=1S/C13H19N3O2/c1-8(2)11(14)13(18)16-10-6-4-5-9(7-10)12(17)15-3/h4-8,11H,14H2,1-3H3,(H,15,17)(H,16,18)/t11-/m0/s1. The van der Waals surface area contributed by atoms with Crippen LogP contribution in [0, 0.1) is 5.92 Å². The Morgan fingerprint density at radius 2 is 1.94 bits per heavy atom. The fourth-order valence-corrected chi connectivity index (χ4v) is 1.41. The molecule has 2 amide bonds. The van der Waals surface area contributed by atoms with Gasteiger partial charge in [-0.3, -0.25) is 9.59 Å². The van der Waals surface area contributed by atoms with Gasteiger partial charge in [-0.05, 0) is 24.1 Å². The maximum absolute atomic E-state index is 11.8. The van der Waals surface area contributed by atoms with Gasteiger partial charge in [0.15, 0.2) is 0 Å². The Labute approximate surface area is 107 Å². The van der Waals surface area contributed by atoms with E-state index in [1.54, 1.807) is 31.3 Å². The molecule has 0 radical (unpaired) electrons. The summed E-state index contributed by atoms with van der Waals surface area (Å²) in [4.78, 5) is 23.2. The van der Waals surface area contributed by atoms with E-state index in [4.69, 9.17) is 5.73 Å². The Kier molecular flexibility index (Phi) is 4.85. The quantitative estimate of drug-likeness (QED) is 0.743. The van der Waals surface area contributed by atoms with E-state index in [9.17, 15) is 9.59 Å². The monoisotopic (exact) mass is 249 g/mol. The largest absolute Gasteiger partial charge is 0.355 e. The number of carbonyl (C=O) groups excluding carboxylic acids is 2. The van der Waals surface area contributed by atoms with Crippen LogP contribution >= 0.6 is 0 Å². The molecule has 0 aliphatic rings. The first-order valence-electron chi connectivity index (χ1n) is 5.84. The molecular weight excluding hydrogens is 230 g/mol. The molecule has 0 aliphatic heterocycles. The number of rotatable bonds is 4. The molecule has 98 valence electrons. The van der Waals surface area contributed by atoms with Gasteiger partial charge in [0.05, 0.1) is 6.04 Å². The summed E-state index contributed by atoms with van der Waals surface area (Å²) in [5.41, 5.74) is 6.80. The lowest BCUT2D eigenvalue weighted by atomic mass is 10.0. The molecule has 5 heteroatoms. The van der Waals surface area contributed by atoms with Crippen molar-refractivity contribution in [3.8, 4) is 0 Å².